The lowest BCUT2D eigenvalue weighted by molar-refractivity contribution is -0.140. The molecule has 0 fully saturated rings. The summed E-state index contributed by atoms with van der Waals surface area (Å²) in [5.74, 6) is -0.180. The Labute approximate surface area is 245 Å². The molecule has 4 rings (SSSR count). The molecule has 1 aliphatic carbocycles. The summed E-state index contributed by atoms with van der Waals surface area (Å²) in [7, 11) is 4.68. The van der Waals surface area contributed by atoms with Gasteiger partial charge >= 0.3 is 11.9 Å². The Balaban J connectivity index is 1.80. The van der Waals surface area contributed by atoms with Gasteiger partial charge in [0.15, 0.2) is 28.8 Å². The molecule has 2 aliphatic rings. The Kier molecular flexibility index (Phi) is 9.90. The zero-order valence-electron chi connectivity index (χ0n) is 24.8. The Hall–Kier alpha value is -4.31. The number of nitrogens with one attached hydrogen (secondary N) is 1. The van der Waals surface area contributed by atoms with Crippen LogP contribution < -0.4 is 24.3 Å². The van der Waals surface area contributed by atoms with E-state index in [1.54, 1.807) is 39.3 Å². The Morgan fingerprint density at radius 1 is 0.905 bits per heavy atom. The lowest BCUT2D eigenvalue weighted by Gasteiger charge is -2.37. The van der Waals surface area contributed by atoms with Crippen LogP contribution in [0.4, 0.5) is 0 Å². The molecule has 0 bridgehead atoms. The molecule has 2 aromatic rings. The molecule has 1 N–H and O–H groups in total. The Morgan fingerprint density at radius 2 is 1.60 bits per heavy atom. The lowest BCUT2D eigenvalue weighted by Crippen LogP contribution is -2.36. The third-order valence-corrected chi connectivity index (χ3v) is 7.30. The fourth-order valence-corrected chi connectivity index (χ4v) is 5.49. The standard InChI is InChI=1S/C32H37NO9/c1-7-40-28-17-21(9-11-26(28)42-19(3)34)30-29(32(36)41-13-12-37-4)18(2)33-23-14-22(15-24(35)31(23)30)20-8-10-25(38-5)27(16-20)39-6/h8-11,16-17,22,30,33H,7,12-15H2,1-6H3/t22-,30-/m1/s1. The fourth-order valence-electron chi connectivity index (χ4n) is 5.49. The van der Waals surface area contributed by atoms with Gasteiger partial charge in [-0.3, -0.25) is 9.59 Å². The van der Waals surface area contributed by atoms with Crippen LogP contribution in [0.25, 0.3) is 0 Å². The molecule has 2 atom stereocenters. The van der Waals surface area contributed by atoms with E-state index in [1.165, 1.54) is 14.0 Å². The first-order valence-corrected chi connectivity index (χ1v) is 13.8. The number of allylic oxidation sites excluding steroid dienone is 3. The summed E-state index contributed by atoms with van der Waals surface area (Å²) in [5, 5.41) is 3.35. The maximum atomic E-state index is 14.0. The maximum absolute atomic E-state index is 14.0. The molecule has 42 heavy (non-hydrogen) atoms. The van der Waals surface area contributed by atoms with E-state index in [2.05, 4.69) is 5.32 Å². The van der Waals surface area contributed by atoms with Crippen LogP contribution in [0.1, 0.15) is 56.6 Å². The van der Waals surface area contributed by atoms with Gasteiger partial charge in [-0.05, 0) is 61.6 Å². The van der Waals surface area contributed by atoms with Gasteiger partial charge in [-0.2, -0.15) is 0 Å². The maximum Gasteiger partial charge on any atom is 0.336 e. The number of carbonyl (C=O) groups excluding carboxylic acids is 3. The minimum Gasteiger partial charge on any atom is -0.493 e. The van der Waals surface area contributed by atoms with Crippen LogP contribution in [0, 0.1) is 0 Å². The van der Waals surface area contributed by atoms with E-state index in [4.69, 9.17) is 28.4 Å². The monoisotopic (exact) mass is 579 g/mol. The highest BCUT2D eigenvalue weighted by molar-refractivity contribution is 6.04. The van der Waals surface area contributed by atoms with Crippen molar-refractivity contribution in [3.05, 3.63) is 70.1 Å². The molecule has 0 radical (unpaired) electrons. The van der Waals surface area contributed by atoms with Crippen LogP contribution in [0.2, 0.25) is 0 Å². The molecule has 0 aromatic heterocycles. The van der Waals surface area contributed by atoms with E-state index in [1.807, 2.05) is 25.1 Å². The largest absolute Gasteiger partial charge is 0.493 e. The molecule has 1 heterocycles. The number of hydrogen-bond acceptors (Lipinski definition) is 10. The second-order valence-corrected chi connectivity index (χ2v) is 9.99. The molecule has 0 spiro atoms. The lowest BCUT2D eigenvalue weighted by atomic mass is 9.71. The first-order valence-electron chi connectivity index (χ1n) is 13.8. The van der Waals surface area contributed by atoms with Gasteiger partial charge in [0.1, 0.15) is 6.61 Å². The number of benzene rings is 2. The average molecular weight is 580 g/mol. The predicted molar refractivity (Wildman–Crippen MR) is 154 cm³/mol. The average Bonchev–Trinajstić information content (AvgIpc) is 2.96. The highest BCUT2D eigenvalue weighted by atomic mass is 16.6. The summed E-state index contributed by atoms with van der Waals surface area (Å²) in [6, 6.07) is 10.7. The van der Waals surface area contributed by atoms with Gasteiger partial charge in [0, 0.05) is 43.3 Å². The zero-order valence-corrected chi connectivity index (χ0v) is 24.8. The number of methoxy groups -OCH3 is 3. The van der Waals surface area contributed by atoms with Crippen molar-refractivity contribution in [3.63, 3.8) is 0 Å². The number of esters is 2. The molecule has 224 valence electrons. The molecular formula is C32H37NO9. The Bertz CT molecular complexity index is 1430. The van der Waals surface area contributed by atoms with Crippen LogP contribution in [0.3, 0.4) is 0 Å². The van der Waals surface area contributed by atoms with Crippen molar-refractivity contribution in [2.45, 2.75) is 45.4 Å². The van der Waals surface area contributed by atoms with Crippen molar-refractivity contribution in [3.8, 4) is 23.0 Å². The molecule has 10 heteroatoms. The van der Waals surface area contributed by atoms with Gasteiger partial charge in [0.05, 0.1) is 33.0 Å². The van der Waals surface area contributed by atoms with Gasteiger partial charge < -0.3 is 33.7 Å². The number of hydrogen-bond donors (Lipinski definition) is 1. The van der Waals surface area contributed by atoms with E-state index >= 15 is 0 Å². The normalized spacial score (nSPS) is 18.2. The van der Waals surface area contributed by atoms with Crippen LogP contribution in [0.5, 0.6) is 23.0 Å². The van der Waals surface area contributed by atoms with Crippen molar-refractivity contribution in [1.82, 2.24) is 5.32 Å². The molecule has 0 saturated heterocycles. The topological polar surface area (TPSA) is 119 Å². The molecule has 2 aromatic carbocycles. The van der Waals surface area contributed by atoms with Gasteiger partial charge in [0.2, 0.25) is 0 Å². The highest BCUT2D eigenvalue weighted by Gasteiger charge is 2.42. The number of ether oxygens (including phenoxy) is 6. The van der Waals surface area contributed by atoms with Gasteiger partial charge in [0.25, 0.3) is 0 Å². The van der Waals surface area contributed by atoms with Crippen molar-refractivity contribution in [1.29, 1.82) is 0 Å². The van der Waals surface area contributed by atoms with E-state index in [0.717, 1.165) is 11.3 Å². The summed E-state index contributed by atoms with van der Waals surface area (Å²) >= 11 is 0. The van der Waals surface area contributed by atoms with Gasteiger partial charge in [-0.1, -0.05) is 12.1 Å². The molecule has 0 amide bonds. The smallest absolute Gasteiger partial charge is 0.336 e. The SMILES string of the molecule is CCOc1cc([C@@H]2C(C(=O)OCCOC)=C(C)NC3=C2C(=O)C[C@H](c2ccc(OC)c(OC)c2)C3)ccc1OC(C)=O. The third kappa shape index (κ3) is 6.44. The number of dihydropyridines is 1. The minimum atomic E-state index is -0.722. The fraction of sp³-hybridized carbons (Fsp3) is 0.406. The van der Waals surface area contributed by atoms with Crippen molar-refractivity contribution < 1.29 is 42.8 Å². The van der Waals surface area contributed by atoms with E-state index in [-0.39, 0.29) is 37.1 Å². The van der Waals surface area contributed by atoms with Gasteiger partial charge in [-0.25, -0.2) is 4.79 Å². The van der Waals surface area contributed by atoms with Crippen LogP contribution in [-0.2, 0) is 23.9 Å². The summed E-state index contributed by atoms with van der Waals surface area (Å²) in [5.41, 5.74) is 3.73. The molecule has 10 nitrogen and oxygen atoms in total. The molecule has 1 aliphatic heterocycles. The predicted octanol–water partition coefficient (Wildman–Crippen LogP) is 4.58. The number of ketones is 1. The van der Waals surface area contributed by atoms with Gasteiger partial charge in [-0.15, -0.1) is 0 Å². The highest BCUT2D eigenvalue weighted by Crippen LogP contribution is 2.47. The number of carbonyl (C=O) groups is 3. The molecule has 0 unspecified atom stereocenters. The first kappa shape index (κ1) is 30.6. The van der Waals surface area contributed by atoms with Crippen LogP contribution >= 0.6 is 0 Å². The van der Waals surface area contributed by atoms with Crippen molar-refractivity contribution in [2.75, 3.05) is 41.2 Å². The van der Waals surface area contributed by atoms with E-state index < -0.39 is 17.9 Å². The van der Waals surface area contributed by atoms with E-state index in [9.17, 15) is 14.4 Å². The van der Waals surface area contributed by atoms with E-state index in [0.29, 0.717) is 52.7 Å². The van der Waals surface area contributed by atoms with Crippen molar-refractivity contribution >= 4 is 17.7 Å². The number of rotatable bonds is 11. The Morgan fingerprint density at radius 3 is 2.26 bits per heavy atom. The summed E-state index contributed by atoms with van der Waals surface area (Å²) < 4.78 is 32.6. The quantitative estimate of drug-likeness (QED) is 0.230. The van der Waals surface area contributed by atoms with Crippen molar-refractivity contribution in [2.24, 2.45) is 0 Å². The molecule has 0 saturated carbocycles. The second-order valence-electron chi connectivity index (χ2n) is 9.99. The molecular weight excluding hydrogens is 542 g/mol. The van der Waals surface area contributed by atoms with Crippen LogP contribution in [0.15, 0.2) is 58.9 Å². The number of Topliss-reactive ketones (excluding diaryl/α,β-unsaturated/α-hetero) is 1. The minimum absolute atomic E-state index is 0.0651. The first-order chi connectivity index (χ1) is 20.2. The third-order valence-electron chi connectivity index (χ3n) is 7.30. The summed E-state index contributed by atoms with van der Waals surface area (Å²) in [6.45, 7) is 5.55. The summed E-state index contributed by atoms with van der Waals surface area (Å²) in [6.07, 6.45) is 0.779. The summed E-state index contributed by atoms with van der Waals surface area (Å²) in [4.78, 5) is 39.1. The second kappa shape index (κ2) is 13.6. The van der Waals surface area contributed by atoms with Crippen LogP contribution in [-0.4, -0.2) is 58.9 Å². The zero-order chi connectivity index (χ0) is 30.4.